The van der Waals surface area contributed by atoms with Gasteiger partial charge in [0.15, 0.2) is 5.78 Å². The van der Waals surface area contributed by atoms with Crippen LogP contribution in [0.5, 0.6) is 11.5 Å². The third kappa shape index (κ3) is 2.52. The fraction of sp³-hybridized carbons (Fsp3) is 0.533. The summed E-state index contributed by atoms with van der Waals surface area (Å²) in [5.41, 5.74) is 1.17. The molecule has 5 heteroatoms. The Hall–Kier alpha value is -1.20. The quantitative estimate of drug-likeness (QED) is 0.922. The average Bonchev–Trinajstić information content (AvgIpc) is 2.47. The van der Waals surface area contributed by atoms with Crippen molar-refractivity contribution in [3.63, 3.8) is 0 Å². The lowest BCUT2D eigenvalue weighted by Gasteiger charge is -2.37. The first-order chi connectivity index (χ1) is 9.55. The minimum absolute atomic E-state index is 0.105. The molecule has 0 radical (unpaired) electrons. The van der Waals surface area contributed by atoms with Gasteiger partial charge in [0.05, 0.1) is 14.2 Å². The van der Waals surface area contributed by atoms with E-state index in [0.717, 1.165) is 34.9 Å². The lowest BCUT2D eigenvalue weighted by Crippen LogP contribution is -2.53. The van der Waals surface area contributed by atoms with Crippen molar-refractivity contribution >= 4 is 17.5 Å². The Labute approximate surface area is 124 Å². The van der Waals surface area contributed by atoms with Gasteiger partial charge in [-0.3, -0.25) is 10.1 Å². The Morgan fingerprint density at radius 1 is 1.30 bits per heavy atom. The summed E-state index contributed by atoms with van der Waals surface area (Å²) in [4.78, 5) is 12.3. The monoisotopic (exact) mass is 295 g/mol. The Bertz CT molecular complexity index is 510. The second kappa shape index (κ2) is 6.06. The number of aryl methyl sites for hydroxylation is 1. The van der Waals surface area contributed by atoms with Crippen molar-refractivity contribution in [2.75, 3.05) is 32.3 Å². The highest BCUT2D eigenvalue weighted by Gasteiger charge is 2.41. The maximum atomic E-state index is 12.3. The van der Waals surface area contributed by atoms with E-state index < -0.39 is 5.54 Å². The van der Waals surface area contributed by atoms with E-state index in [9.17, 15) is 4.79 Å². The predicted octanol–water partition coefficient (Wildman–Crippen LogP) is 2.13. The van der Waals surface area contributed by atoms with Gasteiger partial charge in [0.1, 0.15) is 17.0 Å². The minimum Gasteiger partial charge on any atom is -0.496 e. The normalized spacial score (nSPS) is 22.4. The van der Waals surface area contributed by atoms with Gasteiger partial charge in [-0.1, -0.05) is 0 Å². The molecule has 1 atom stereocenters. The third-order valence-corrected chi connectivity index (χ3v) is 4.90. The summed E-state index contributed by atoms with van der Waals surface area (Å²) in [6, 6.07) is 3.86. The van der Waals surface area contributed by atoms with Crippen molar-refractivity contribution in [3.05, 3.63) is 23.3 Å². The van der Waals surface area contributed by atoms with E-state index in [1.807, 2.05) is 19.1 Å². The van der Waals surface area contributed by atoms with Crippen LogP contribution in [0.2, 0.25) is 0 Å². The fourth-order valence-corrected chi connectivity index (χ4v) is 3.74. The lowest BCUT2D eigenvalue weighted by atomic mass is 9.86. The van der Waals surface area contributed by atoms with Gasteiger partial charge in [-0.2, -0.15) is 11.8 Å². The summed E-state index contributed by atoms with van der Waals surface area (Å²) in [5.74, 6) is 3.34. The molecule has 1 aliphatic heterocycles. The molecule has 4 nitrogen and oxygen atoms in total. The highest BCUT2D eigenvalue weighted by molar-refractivity contribution is 7.99. The van der Waals surface area contributed by atoms with Gasteiger partial charge in [-0.05, 0) is 31.5 Å². The van der Waals surface area contributed by atoms with E-state index in [4.69, 9.17) is 9.47 Å². The molecule has 0 spiro atoms. The van der Waals surface area contributed by atoms with E-state index in [2.05, 4.69) is 5.32 Å². The topological polar surface area (TPSA) is 47.6 Å². The van der Waals surface area contributed by atoms with Crippen molar-refractivity contribution in [2.24, 2.45) is 0 Å². The number of ketones is 1. The van der Waals surface area contributed by atoms with Crippen LogP contribution >= 0.6 is 11.8 Å². The van der Waals surface area contributed by atoms with Crippen LogP contribution in [0.15, 0.2) is 12.1 Å². The van der Waals surface area contributed by atoms with Gasteiger partial charge in [0.25, 0.3) is 0 Å². The molecular weight excluding hydrogens is 274 g/mol. The highest BCUT2D eigenvalue weighted by Crippen LogP contribution is 2.39. The number of nitrogens with one attached hydrogen (secondary N) is 1. The molecule has 110 valence electrons. The molecule has 20 heavy (non-hydrogen) atoms. The maximum Gasteiger partial charge on any atom is 0.155 e. The van der Waals surface area contributed by atoms with Gasteiger partial charge < -0.3 is 9.47 Å². The standard InChI is InChI=1S/C15H21NO3S/c1-10-7-14(19-4)12(8-13(10)18-3)15(11(2)17)9-20-6-5-16-15/h7-8,16H,5-6,9H2,1-4H3. The molecule has 0 aromatic heterocycles. The van der Waals surface area contributed by atoms with Crippen LogP contribution in [-0.2, 0) is 10.3 Å². The zero-order valence-electron chi connectivity index (χ0n) is 12.4. The maximum absolute atomic E-state index is 12.3. The zero-order chi connectivity index (χ0) is 14.8. The molecular formula is C15H21NO3S. The number of carbonyl (C=O) groups is 1. The van der Waals surface area contributed by atoms with Crippen molar-refractivity contribution < 1.29 is 14.3 Å². The SMILES string of the molecule is COc1cc(C2(C(C)=O)CSCCN2)c(OC)cc1C. The van der Waals surface area contributed by atoms with Crippen LogP contribution in [0.4, 0.5) is 0 Å². The van der Waals surface area contributed by atoms with Crippen molar-refractivity contribution in [2.45, 2.75) is 19.4 Å². The van der Waals surface area contributed by atoms with Crippen LogP contribution in [0.25, 0.3) is 0 Å². The molecule has 0 aliphatic carbocycles. The molecule has 1 aromatic rings. The summed E-state index contributed by atoms with van der Waals surface area (Å²) in [5, 5.41) is 3.39. The molecule has 1 N–H and O–H groups in total. The Morgan fingerprint density at radius 2 is 2.00 bits per heavy atom. The number of rotatable bonds is 4. The van der Waals surface area contributed by atoms with E-state index in [1.54, 1.807) is 32.9 Å². The summed E-state index contributed by atoms with van der Waals surface area (Å²) < 4.78 is 10.9. The molecule has 1 aromatic carbocycles. The first-order valence-electron chi connectivity index (χ1n) is 6.62. The molecule has 1 fully saturated rings. The van der Waals surface area contributed by atoms with Crippen LogP contribution in [-0.4, -0.2) is 38.1 Å². The van der Waals surface area contributed by atoms with Gasteiger partial charge in [-0.25, -0.2) is 0 Å². The summed E-state index contributed by atoms with van der Waals surface area (Å²) in [6.45, 7) is 4.41. The predicted molar refractivity (Wildman–Crippen MR) is 82.0 cm³/mol. The van der Waals surface area contributed by atoms with Gasteiger partial charge in [0.2, 0.25) is 0 Å². The van der Waals surface area contributed by atoms with Crippen LogP contribution in [0.1, 0.15) is 18.1 Å². The molecule has 1 saturated heterocycles. The Kier molecular flexibility index (Phi) is 4.60. The lowest BCUT2D eigenvalue weighted by molar-refractivity contribution is -0.123. The first kappa shape index (κ1) is 15.2. The number of hydrogen-bond acceptors (Lipinski definition) is 5. The molecule has 0 amide bonds. The highest BCUT2D eigenvalue weighted by atomic mass is 32.2. The molecule has 0 bridgehead atoms. The third-order valence-electron chi connectivity index (χ3n) is 3.77. The Morgan fingerprint density at radius 3 is 2.50 bits per heavy atom. The van der Waals surface area contributed by atoms with Crippen LogP contribution in [0, 0.1) is 6.92 Å². The van der Waals surface area contributed by atoms with Gasteiger partial charge in [-0.15, -0.1) is 0 Å². The molecule has 1 aliphatic rings. The number of methoxy groups -OCH3 is 2. The summed E-state index contributed by atoms with van der Waals surface area (Å²) in [7, 11) is 3.27. The van der Waals surface area contributed by atoms with Gasteiger partial charge >= 0.3 is 0 Å². The van der Waals surface area contributed by atoms with E-state index >= 15 is 0 Å². The minimum atomic E-state index is -0.685. The fourth-order valence-electron chi connectivity index (χ4n) is 2.59. The number of ether oxygens (including phenoxy) is 2. The van der Waals surface area contributed by atoms with Crippen LogP contribution < -0.4 is 14.8 Å². The van der Waals surface area contributed by atoms with Crippen molar-refractivity contribution in [1.29, 1.82) is 0 Å². The second-order valence-electron chi connectivity index (χ2n) is 4.96. The molecule has 1 heterocycles. The van der Waals surface area contributed by atoms with Crippen molar-refractivity contribution in [3.8, 4) is 11.5 Å². The average molecular weight is 295 g/mol. The van der Waals surface area contributed by atoms with Gasteiger partial charge in [0, 0.05) is 23.6 Å². The number of benzene rings is 1. The van der Waals surface area contributed by atoms with E-state index in [0.29, 0.717) is 5.75 Å². The number of carbonyl (C=O) groups excluding carboxylic acids is 1. The smallest absolute Gasteiger partial charge is 0.155 e. The van der Waals surface area contributed by atoms with Crippen molar-refractivity contribution in [1.82, 2.24) is 5.32 Å². The number of thioether (sulfide) groups is 1. The summed E-state index contributed by atoms with van der Waals surface area (Å²) >= 11 is 1.78. The summed E-state index contributed by atoms with van der Waals surface area (Å²) in [6.07, 6.45) is 0. The van der Waals surface area contributed by atoms with E-state index in [-0.39, 0.29) is 5.78 Å². The number of Topliss-reactive ketones (excluding diaryl/α,β-unsaturated/α-hetero) is 1. The largest absolute Gasteiger partial charge is 0.496 e. The first-order valence-corrected chi connectivity index (χ1v) is 7.77. The molecule has 1 unspecified atom stereocenters. The molecule has 2 rings (SSSR count). The van der Waals surface area contributed by atoms with E-state index in [1.165, 1.54) is 0 Å². The second-order valence-corrected chi connectivity index (χ2v) is 6.07. The zero-order valence-corrected chi connectivity index (χ0v) is 13.2. The molecule has 0 saturated carbocycles. The number of hydrogen-bond donors (Lipinski definition) is 1. The van der Waals surface area contributed by atoms with Crippen LogP contribution in [0.3, 0.4) is 0 Å². The Balaban J connectivity index is 2.60.